The van der Waals surface area contributed by atoms with Crippen molar-refractivity contribution in [3.05, 3.63) is 23.9 Å². The van der Waals surface area contributed by atoms with Crippen molar-refractivity contribution in [3.63, 3.8) is 0 Å². The summed E-state index contributed by atoms with van der Waals surface area (Å²) in [5.41, 5.74) is 0.178. The number of aromatic nitrogens is 1. The maximum Gasteiger partial charge on any atom is 0.285 e. The van der Waals surface area contributed by atoms with Crippen molar-refractivity contribution in [1.29, 1.82) is 0 Å². The Labute approximate surface area is 111 Å². The lowest BCUT2D eigenvalue weighted by Crippen LogP contribution is -2.33. The highest BCUT2D eigenvalue weighted by atomic mass is 32.2. The highest BCUT2D eigenvalue weighted by Crippen LogP contribution is 2.28. The number of pyridine rings is 1. The third-order valence-electron chi connectivity index (χ3n) is 3.31. The van der Waals surface area contributed by atoms with Crippen LogP contribution in [0.5, 0.6) is 0 Å². The van der Waals surface area contributed by atoms with Crippen LogP contribution >= 0.6 is 0 Å². The molecule has 1 N–H and O–H groups in total. The molecule has 0 bridgehead atoms. The molecular formula is C12H15N3O3S. The van der Waals surface area contributed by atoms with Crippen molar-refractivity contribution in [2.45, 2.75) is 30.3 Å². The van der Waals surface area contributed by atoms with Gasteiger partial charge < -0.3 is 5.32 Å². The molecule has 102 valence electrons. The third kappa shape index (κ3) is 2.23. The Morgan fingerprint density at radius 2 is 2.21 bits per heavy atom. The first-order valence-corrected chi connectivity index (χ1v) is 7.80. The van der Waals surface area contributed by atoms with Gasteiger partial charge in [-0.05, 0) is 37.9 Å². The van der Waals surface area contributed by atoms with E-state index in [4.69, 9.17) is 0 Å². The lowest BCUT2D eigenvalue weighted by Gasteiger charge is -2.14. The van der Waals surface area contributed by atoms with Crippen LogP contribution in [0, 0.1) is 0 Å². The maximum atomic E-state index is 12.2. The molecule has 0 spiro atoms. The molecule has 7 heteroatoms. The largest absolute Gasteiger partial charge is 0.314 e. The number of amides is 1. The van der Waals surface area contributed by atoms with E-state index < -0.39 is 15.9 Å². The Morgan fingerprint density at radius 1 is 1.42 bits per heavy atom. The first kappa shape index (κ1) is 12.6. The molecular weight excluding hydrogens is 266 g/mol. The van der Waals surface area contributed by atoms with Gasteiger partial charge in [0.2, 0.25) is 0 Å². The van der Waals surface area contributed by atoms with Crippen molar-refractivity contribution < 1.29 is 13.2 Å². The van der Waals surface area contributed by atoms with Crippen LogP contribution in [-0.2, 0) is 10.0 Å². The summed E-state index contributed by atoms with van der Waals surface area (Å²) in [5, 5.41) is 3.18. The van der Waals surface area contributed by atoms with Crippen LogP contribution in [0.2, 0.25) is 0 Å². The zero-order valence-corrected chi connectivity index (χ0v) is 11.2. The molecule has 1 aliphatic heterocycles. The van der Waals surface area contributed by atoms with Crippen LogP contribution in [0.1, 0.15) is 29.6 Å². The van der Waals surface area contributed by atoms with E-state index in [2.05, 4.69) is 10.3 Å². The van der Waals surface area contributed by atoms with Crippen LogP contribution in [0.25, 0.3) is 0 Å². The van der Waals surface area contributed by atoms with Crippen molar-refractivity contribution in [2.75, 3.05) is 13.1 Å². The summed E-state index contributed by atoms with van der Waals surface area (Å²) in [4.78, 5) is 15.9. The van der Waals surface area contributed by atoms with Gasteiger partial charge in [0.05, 0.1) is 5.56 Å². The summed E-state index contributed by atoms with van der Waals surface area (Å²) >= 11 is 0. The number of carbonyl (C=O) groups excluding carboxylic acids is 1. The minimum absolute atomic E-state index is 0.116. The second-order valence-electron chi connectivity index (χ2n) is 4.82. The molecule has 0 radical (unpaired) electrons. The maximum absolute atomic E-state index is 12.2. The highest BCUT2D eigenvalue weighted by molar-refractivity contribution is 7.90. The van der Waals surface area contributed by atoms with Gasteiger partial charge in [-0.2, -0.15) is 8.42 Å². The second-order valence-corrected chi connectivity index (χ2v) is 6.60. The van der Waals surface area contributed by atoms with Crippen LogP contribution in [0.15, 0.2) is 23.4 Å². The SMILES string of the molecule is O=C1c2cccnc2S(=O)(=O)N1CCCNC1CC1. The van der Waals surface area contributed by atoms with Gasteiger partial charge in [0.25, 0.3) is 15.9 Å². The summed E-state index contributed by atoms with van der Waals surface area (Å²) in [5.74, 6) is -0.463. The number of hydrogen-bond donors (Lipinski definition) is 1. The smallest absolute Gasteiger partial charge is 0.285 e. The number of carbonyl (C=O) groups is 1. The van der Waals surface area contributed by atoms with Crippen molar-refractivity contribution in [3.8, 4) is 0 Å². The van der Waals surface area contributed by atoms with E-state index in [1.54, 1.807) is 6.07 Å². The molecule has 2 aliphatic rings. The summed E-state index contributed by atoms with van der Waals surface area (Å²) in [6.07, 6.45) is 4.39. The molecule has 1 aromatic rings. The molecule has 6 nitrogen and oxygen atoms in total. The quantitative estimate of drug-likeness (QED) is 0.789. The number of rotatable bonds is 5. The van der Waals surface area contributed by atoms with Crippen LogP contribution in [-0.4, -0.2) is 42.7 Å². The lowest BCUT2D eigenvalue weighted by atomic mass is 10.2. The van der Waals surface area contributed by atoms with E-state index >= 15 is 0 Å². The molecule has 0 saturated heterocycles. The molecule has 1 aromatic heterocycles. The molecule has 0 atom stereocenters. The first-order chi connectivity index (χ1) is 9.10. The number of sulfonamides is 1. The average Bonchev–Trinajstić information content (AvgIpc) is 3.19. The Balaban J connectivity index is 1.70. The fourth-order valence-corrected chi connectivity index (χ4v) is 3.67. The van der Waals surface area contributed by atoms with Gasteiger partial charge in [-0.25, -0.2) is 9.29 Å². The highest BCUT2D eigenvalue weighted by Gasteiger charge is 2.41. The van der Waals surface area contributed by atoms with Gasteiger partial charge in [-0.3, -0.25) is 4.79 Å². The van der Waals surface area contributed by atoms with Gasteiger partial charge in [-0.15, -0.1) is 0 Å². The molecule has 1 fully saturated rings. The van der Waals surface area contributed by atoms with Gasteiger partial charge >= 0.3 is 0 Å². The number of nitrogens with one attached hydrogen (secondary N) is 1. The normalized spacial score (nSPS) is 20.6. The van der Waals surface area contributed by atoms with Gasteiger partial charge in [0, 0.05) is 18.8 Å². The van der Waals surface area contributed by atoms with Crippen molar-refractivity contribution in [1.82, 2.24) is 14.6 Å². The van der Waals surface area contributed by atoms with Crippen LogP contribution < -0.4 is 5.32 Å². The molecule has 2 heterocycles. The lowest BCUT2D eigenvalue weighted by molar-refractivity contribution is 0.0870. The zero-order chi connectivity index (χ0) is 13.5. The molecule has 1 aliphatic carbocycles. The predicted octanol–water partition coefficient (Wildman–Crippen LogP) is 0.368. The van der Waals surface area contributed by atoms with Crippen LogP contribution in [0.3, 0.4) is 0 Å². The van der Waals surface area contributed by atoms with E-state index in [-0.39, 0.29) is 17.1 Å². The molecule has 19 heavy (non-hydrogen) atoms. The molecule has 0 aromatic carbocycles. The third-order valence-corrected chi connectivity index (χ3v) is 5.05. The average molecular weight is 281 g/mol. The Kier molecular flexibility index (Phi) is 3.02. The van der Waals surface area contributed by atoms with Crippen molar-refractivity contribution >= 4 is 15.9 Å². The topological polar surface area (TPSA) is 79.4 Å². The number of nitrogens with zero attached hydrogens (tertiary/aromatic N) is 2. The van der Waals surface area contributed by atoms with E-state index in [1.165, 1.54) is 25.1 Å². The fraction of sp³-hybridized carbons (Fsp3) is 0.500. The van der Waals surface area contributed by atoms with E-state index in [0.717, 1.165) is 10.8 Å². The van der Waals surface area contributed by atoms with Gasteiger partial charge in [-0.1, -0.05) is 0 Å². The number of fused-ring (bicyclic) bond motifs is 1. The van der Waals surface area contributed by atoms with E-state index in [9.17, 15) is 13.2 Å². The Bertz CT molecular complexity index is 610. The summed E-state index contributed by atoms with van der Waals surface area (Å²) in [6, 6.07) is 3.67. The molecule has 3 rings (SSSR count). The zero-order valence-electron chi connectivity index (χ0n) is 10.4. The Hall–Kier alpha value is -1.47. The standard InChI is InChI=1S/C12H15N3O3S/c16-12-10-3-1-6-14-11(10)19(17,18)15(12)8-2-7-13-9-4-5-9/h1,3,6,9,13H,2,4-5,7-8H2. The summed E-state index contributed by atoms with van der Waals surface area (Å²) in [6.45, 7) is 0.936. The van der Waals surface area contributed by atoms with E-state index in [1.807, 2.05) is 0 Å². The van der Waals surface area contributed by atoms with Crippen LogP contribution in [0.4, 0.5) is 0 Å². The minimum atomic E-state index is -3.74. The molecule has 1 amide bonds. The van der Waals surface area contributed by atoms with E-state index in [0.29, 0.717) is 12.5 Å². The first-order valence-electron chi connectivity index (χ1n) is 6.36. The summed E-state index contributed by atoms with van der Waals surface area (Å²) in [7, 11) is -3.74. The fourth-order valence-electron chi connectivity index (χ4n) is 2.15. The van der Waals surface area contributed by atoms with Crippen molar-refractivity contribution in [2.24, 2.45) is 0 Å². The minimum Gasteiger partial charge on any atom is -0.314 e. The number of hydrogen-bond acceptors (Lipinski definition) is 5. The predicted molar refractivity (Wildman–Crippen MR) is 68.1 cm³/mol. The second kappa shape index (κ2) is 4.57. The summed E-state index contributed by atoms with van der Waals surface area (Å²) < 4.78 is 25.2. The molecule has 0 unspecified atom stereocenters. The Morgan fingerprint density at radius 3 is 2.89 bits per heavy atom. The van der Waals surface area contributed by atoms with Gasteiger partial charge in [0.15, 0.2) is 5.03 Å². The monoisotopic (exact) mass is 281 g/mol. The molecule has 1 saturated carbocycles. The van der Waals surface area contributed by atoms with Gasteiger partial charge in [0.1, 0.15) is 0 Å².